The van der Waals surface area contributed by atoms with E-state index in [1.54, 1.807) is 0 Å². The van der Waals surface area contributed by atoms with E-state index in [2.05, 4.69) is 31.6 Å². The number of rotatable bonds is 2. The molecule has 1 aliphatic rings. The van der Waals surface area contributed by atoms with Crippen LogP contribution in [0.3, 0.4) is 0 Å². The first kappa shape index (κ1) is 11.1. The summed E-state index contributed by atoms with van der Waals surface area (Å²) >= 11 is 3.35. The van der Waals surface area contributed by atoms with Crippen LogP contribution < -0.4 is 17.0 Å². The quantitative estimate of drug-likeness (QED) is 0.549. The van der Waals surface area contributed by atoms with Crippen LogP contribution in [0.1, 0.15) is 0 Å². The molecule has 0 spiro atoms. The van der Waals surface area contributed by atoms with E-state index in [1.165, 1.54) is 6.21 Å². The van der Waals surface area contributed by atoms with Gasteiger partial charge in [-0.3, -0.25) is 5.43 Å². The van der Waals surface area contributed by atoms with Gasteiger partial charge < -0.3 is 5.73 Å². The third kappa shape index (κ3) is 2.38. The summed E-state index contributed by atoms with van der Waals surface area (Å²) in [5, 5.41) is 9.07. The summed E-state index contributed by atoms with van der Waals surface area (Å²) in [6.07, 6.45) is 1.03. The van der Waals surface area contributed by atoms with Crippen molar-refractivity contribution in [3.63, 3.8) is 0 Å². The van der Waals surface area contributed by atoms with Gasteiger partial charge in [-0.1, -0.05) is 15.9 Å². The second-order valence-corrected chi connectivity index (χ2v) is 4.14. The molecular formula is C9H11BrN6. The van der Waals surface area contributed by atoms with E-state index in [4.69, 9.17) is 11.6 Å². The number of benzene rings is 1. The molecule has 2 rings (SSSR count). The van der Waals surface area contributed by atoms with Gasteiger partial charge in [-0.05, 0) is 24.3 Å². The molecule has 0 radical (unpaired) electrons. The Labute approximate surface area is 101 Å². The van der Waals surface area contributed by atoms with E-state index >= 15 is 0 Å². The van der Waals surface area contributed by atoms with Gasteiger partial charge in [0.05, 0.1) is 11.9 Å². The lowest BCUT2D eigenvalue weighted by molar-refractivity contribution is 0.280. The number of hydrogen-bond donors (Lipinski definition) is 3. The molecule has 0 saturated heterocycles. The van der Waals surface area contributed by atoms with Gasteiger partial charge >= 0.3 is 0 Å². The molecule has 0 fully saturated rings. The first-order valence-corrected chi connectivity index (χ1v) is 5.39. The van der Waals surface area contributed by atoms with Crippen LogP contribution in [0.25, 0.3) is 0 Å². The number of nitrogens with one attached hydrogen (secondary N) is 1. The monoisotopic (exact) mass is 282 g/mol. The number of halogens is 1. The summed E-state index contributed by atoms with van der Waals surface area (Å²) in [7, 11) is 0. The Kier molecular flexibility index (Phi) is 3.18. The normalized spacial score (nSPS) is 21.8. The second-order valence-electron chi connectivity index (χ2n) is 3.22. The second kappa shape index (κ2) is 4.60. The number of hydrazone groups is 2. The molecular weight excluding hydrogens is 272 g/mol. The lowest BCUT2D eigenvalue weighted by atomic mass is 10.3. The predicted molar refractivity (Wildman–Crippen MR) is 67.7 cm³/mol. The molecule has 0 amide bonds. The Morgan fingerprint density at radius 1 is 1.38 bits per heavy atom. The van der Waals surface area contributed by atoms with Crippen molar-refractivity contribution in [3.8, 4) is 0 Å². The molecule has 1 heterocycles. The molecule has 16 heavy (non-hydrogen) atoms. The fourth-order valence-corrected chi connectivity index (χ4v) is 1.42. The summed E-state index contributed by atoms with van der Waals surface area (Å²) in [6, 6.07) is 7.62. The molecule has 0 aromatic heterocycles. The van der Waals surface area contributed by atoms with Crippen LogP contribution in [0, 0.1) is 0 Å². The van der Waals surface area contributed by atoms with Gasteiger partial charge in [0.25, 0.3) is 0 Å². The summed E-state index contributed by atoms with van der Waals surface area (Å²) in [4.78, 5) is 0. The van der Waals surface area contributed by atoms with Gasteiger partial charge in [-0.15, -0.1) is 0 Å². The van der Waals surface area contributed by atoms with Crippen molar-refractivity contribution in [3.05, 3.63) is 28.7 Å². The summed E-state index contributed by atoms with van der Waals surface area (Å²) in [5.41, 5.74) is 10.0. The van der Waals surface area contributed by atoms with Crippen molar-refractivity contribution < 1.29 is 0 Å². The van der Waals surface area contributed by atoms with Crippen molar-refractivity contribution in [1.29, 1.82) is 0 Å². The third-order valence-electron chi connectivity index (χ3n) is 2.07. The summed E-state index contributed by atoms with van der Waals surface area (Å²) in [5.74, 6) is 5.45. The Bertz CT molecular complexity index is 426. The lowest BCUT2D eigenvalue weighted by Gasteiger charge is -2.12. The van der Waals surface area contributed by atoms with Crippen molar-refractivity contribution >= 4 is 33.5 Å². The van der Waals surface area contributed by atoms with E-state index in [0.717, 1.165) is 15.3 Å². The van der Waals surface area contributed by atoms with Crippen LogP contribution in [-0.2, 0) is 0 Å². The van der Waals surface area contributed by atoms with E-state index < -0.39 is 6.17 Å². The van der Waals surface area contributed by atoms with Gasteiger partial charge in [0, 0.05) is 4.47 Å². The van der Waals surface area contributed by atoms with Gasteiger partial charge in [0.1, 0.15) is 5.71 Å². The molecule has 1 aromatic rings. The average Bonchev–Trinajstić information content (AvgIpc) is 2.60. The highest BCUT2D eigenvalue weighted by atomic mass is 79.9. The molecule has 1 unspecified atom stereocenters. The first-order valence-electron chi connectivity index (χ1n) is 4.59. The van der Waals surface area contributed by atoms with Gasteiger partial charge in [-0.25, -0.2) is 11.0 Å². The first-order chi connectivity index (χ1) is 7.66. The Morgan fingerprint density at radius 2 is 2.06 bits per heavy atom. The molecule has 1 aromatic carbocycles. The number of nitrogens with zero attached hydrogens (tertiary/aromatic N) is 3. The number of hydrogen-bond acceptors (Lipinski definition) is 6. The molecule has 0 saturated carbocycles. The molecule has 5 N–H and O–H groups in total. The van der Waals surface area contributed by atoms with E-state index in [1.807, 2.05) is 24.3 Å². The zero-order valence-electron chi connectivity index (χ0n) is 8.34. The van der Waals surface area contributed by atoms with Gasteiger partial charge in [-0.2, -0.15) is 10.2 Å². The van der Waals surface area contributed by atoms with Crippen molar-refractivity contribution in [2.45, 2.75) is 6.17 Å². The minimum atomic E-state index is -0.497. The van der Waals surface area contributed by atoms with Crippen LogP contribution in [-0.4, -0.2) is 23.2 Å². The maximum absolute atomic E-state index is 5.71. The minimum absolute atomic E-state index is 0.497. The summed E-state index contributed by atoms with van der Waals surface area (Å²) in [6.45, 7) is 0. The zero-order valence-corrected chi connectivity index (χ0v) is 9.92. The van der Waals surface area contributed by atoms with Crippen LogP contribution in [0.2, 0.25) is 0 Å². The van der Waals surface area contributed by atoms with E-state index in [-0.39, 0.29) is 0 Å². The fourth-order valence-electron chi connectivity index (χ4n) is 1.16. The standard InChI is InChI=1S/C9H11BrN6/c10-6-1-3-7(4-2-6)14-15-8-5-13-16(12)9(8)11/h1-5,9,14H,11-12H2. The smallest absolute Gasteiger partial charge is 0.157 e. The fraction of sp³-hybridized carbons (Fsp3) is 0.111. The molecule has 6 nitrogen and oxygen atoms in total. The maximum Gasteiger partial charge on any atom is 0.157 e. The van der Waals surface area contributed by atoms with Gasteiger partial charge in [0.2, 0.25) is 0 Å². The number of hydrazine groups is 1. The van der Waals surface area contributed by atoms with Crippen molar-refractivity contribution in [2.24, 2.45) is 21.8 Å². The zero-order chi connectivity index (χ0) is 11.5. The van der Waals surface area contributed by atoms with E-state index in [9.17, 15) is 0 Å². The van der Waals surface area contributed by atoms with E-state index in [0.29, 0.717) is 5.71 Å². The molecule has 0 bridgehead atoms. The highest BCUT2D eigenvalue weighted by Crippen LogP contribution is 2.14. The molecule has 7 heteroatoms. The Hall–Kier alpha value is -1.44. The average molecular weight is 283 g/mol. The number of nitrogens with two attached hydrogens (primary N) is 2. The van der Waals surface area contributed by atoms with Crippen LogP contribution in [0.5, 0.6) is 0 Å². The van der Waals surface area contributed by atoms with Crippen molar-refractivity contribution in [1.82, 2.24) is 5.12 Å². The lowest BCUT2D eigenvalue weighted by Crippen LogP contribution is -2.44. The third-order valence-corrected chi connectivity index (χ3v) is 2.60. The Balaban J connectivity index is 2.04. The molecule has 0 aliphatic carbocycles. The van der Waals surface area contributed by atoms with Crippen LogP contribution in [0.4, 0.5) is 5.69 Å². The molecule has 84 valence electrons. The maximum atomic E-state index is 5.71. The minimum Gasteiger partial charge on any atom is -0.303 e. The Morgan fingerprint density at radius 3 is 2.62 bits per heavy atom. The van der Waals surface area contributed by atoms with Crippen molar-refractivity contribution in [2.75, 3.05) is 5.43 Å². The molecule has 1 atom stereocenters. The SMILES string of the molecule is NC1C(=NNc2ccc(Br)cc2)C=NN1N. The van der Waals surface area contributed by atoms with Crippen LogP contribution in [0.15, 0.2) is 38.9 Å². The summed E-state index contributed by atoms with van der Waals surface area (Å²) < 4.78 is 1.01. The van der Waals surface area contributed by atoms with Gasteiger partial charge in [0.15, 0.2) is 6.17 Å². The van der Waals surface area contributed by atoms with Crippen LogP contribution >= 0.6 is 15.9 Å². The molecule has 1 aliphatic heterocycles. The highest BCUT2D eigenvalue weighted by Gasteiger charge is 2.20. The predicted octanol–water partition coefficient (Wildman–Crippen LogP) is 0.677. The number of anilines is 1. The highest BCUT2D eigenvalue weighted by molar-refractivity contribution is 9.10. The topological polar surface area (TPSA) is 92.0 Å². The largest absolute Gasteiger partial charge is 0.303 e.